The van der Waals surface area contributed by atoms with Crippen molar-refractivity contribution in [1.29, 1.82) is 0 Å². The Bertz CT molecular complexity index is 565. The van der Waals surface area contributed by atoms with E-state index in [9.17, 15) is 0 Å². The highest BCUT2D eigenvalue weighted by Gasteiger charge is 2.19. The average Bonchev–Trinajstić information content (AvgIpc) is 2.49. The van der Waals surface area contributed by atoms with E-state index in [1.165, 1.54) is 34.6 Å². The summed E-state index contributed by atoms with van der Waals surface area (Å²) >= 11 is 1.85. The van der Waals surface area contributed by atoms with Gasteiger partial charge in [-0.3, -0.25) is 0 Å². The lowest BCUT2D eigenvalue weighted by atomic mass is 9.81. The molecule has 0 aromatic heterocycles. The highest BCUT2D eigenvalue weighted by Crippen LogP contribution is 2.37. The molecule has 1 unspecified atom stereocenters. The summed E-state index contributed by atoms with van der Waals surface area (Å²) in [6, 6.07) is 17.6. The number of rotatable bonds is 4. The summed E-state index contributed by atoms with van der Waals surface area (Å²) in [5.41, 5.74) is 8.82. The number of aryl methyl sites for hydroxylation is 1. The van der Waals surface area contributed by atoms with E-state index >= 15 is 0 Å². The minimum Gasteiger partial charge on any atom is -0.330 e. The highest BCUT2D eigenvalue weighted by atomic mass is 32.2. The van der Waals surface area contributed by atoms with E-state index < -0.39 is 0 Å². The Hall–Kier alpha value is -1.25. The number of fused-ring (bicyclic) bond motifs is 1. The summed E-state index contributed by atoms with van der Waals surface area (Å²) in [7, 11) is 0. The third-order valence-electron chi connectivity index (χ3n) is 4.05. The molecule has 0 spiro atoms. The van der Waals surface area contributed by atoms with Crippen molar-refractivity contribution < 1.29 is 0 Å². The molecular weight excluding hydrogens is 262 g/mol. The van der Waals surface area contributed by atoms with E-state index in [0.29, 0.717) is 5.92 Å². The molecule has 2 aromatic rings. The molecule has 0 fully saturated rings. The number of nitrogens with two attached hydrogens (primary N) is 1. The molecular formula is C18H21NS. The molecule has 3 rings (SSSR count). The summed E-state index contributed by atoms with van der Waals surface area (Å²) in [6.07, 6.45) is 4.95. The molecule has 104 valence electrons. The van der Waals surface area contributed by atoms with Crippen LogP contribution >= 0.6 is 11.8 Å². The Balaban J connectivity index is 1.82. The SMILES string of the molecule is NCCC1CCCc2cc(Sc3ccccc3)ccc21. The zero-order valence-electron chi connectivity index (χ0n) is 11.7. The van der Waals surface area contributed by atoms with Crippen molar-refractivity contribution in [3.05, 3.63) is 59.7 Å². The normalized spacial score (nSPS) is 17.8. The first-order valence-electron chi connectivity index (χ1n) is 7.42. The predicted molar refractivity (Wildman–Crippen MR) is 86.4 cm³/mol. The molecule has 20 heavy (non-hydrogen) atoms. The van der Waals surface area contributed by atoms with Crippen molar-refractivity contribution in [2.75, 3.05) is 6.54 Å². The summed E-state index contributed by atoms with van der Waals surface area (Å²) in [5.74, 6) is 0.680. The minimum absolute atomic E-state index is 0.680. The van der Waals surface area contributed by atoms with Crippen molar-refractivity contribution in [3.63, 3.8) is 0 Å². The average molecular weight is 283 g/mol. The van der Waals surface area contributed by atoms with Crippen LogP contribution in [0.5, 0.6) is 0 Å². The Labute approximate surface area is 125 Å². The fourth-order valence-electron chi connectivity index (χ4n) is 3.08. The molecule has 0 aliphatic heterocycles. The maximum atomic E-state index is 5.74. The molecule has 0 heterocycles. The van der Waals surface area contributed by atoms with Crippen LogP contribution in [0.25, 0.3) is 0 Å². The molecule has 0 amide bonds. The predicted octanol–water partition coefficient (Wildman–Crippen LogP) is 4.61. The molecule has 2 N–H and O–H groups in total. The van der Waals surface area contributed by atoms with Crippen LogP contribution < -0.4 is 5.73 Å². The van der Waals surface area contributed by atoms with E-state index in [1.54, 1.807) is 5.56 Å². The van der Waals surface area contributed by atoms with Gasteiger partial charge in [-0.2, -0.15) is 0 Å². The quantitative estimate of drug-likeness (QED) is 0.887. The highest BCUT2D eigenvalue weighted by molar-refractivity contribution is 7.99. The lowest BCUT2D eigenvalue weighted by Gasteiger charge is -2.25. The molecule has 1 aliphatic rings. The molecule has 1 aliphatic carbocycles. The van der Waals surface area contributed by atoms with Crippen molar-refractivity contribution in [1.82, 2.24) is 0 Å². The molecule has 0 radical (unpaired) electrons. The van der Waals surface area contributed by atoms with Crippen molar-refractivity contribution in [2.24, 2.45) is 5.73 Å². The first-order valence-corrected chi connectivity index (χ1v) is 8.24. The van der Waals surface area contributed by atoms with Gasteiger partial charge in [0.2, 0.25) is 0 Å². The van der Waals surface area contributed by atoms with Crippen LogP contribution in [0.1, 0.15) is 36.3 Å². The summed E-state index contributed by atoms with van der Waals surface area (Å²) in [6.45, 7) is 0.796. The second kappa shape index (κ2) is 6.47. The topological polar surface area (TPSA) is 26.0 Å². The van der Waals surface area contributed by atoms with E-state index in [0.717, 1.165) is 13.0 Å². The van der Waals surface area contributed by atoms with Gasteiger partial charge in [-0.15, -0.1) is 0 Å². The van der Waals surface area contributed by atoms with Gasteiger partial charge in [0.15, 0.2) is 0 Å². The van der Waals surface area contributed by atoms with E-state index in [-0.39, 0.29) is 0 Å². The molecule has 0 saturated carbocycles. The molecule has 2 aromatic carbocycles. The number of benzene rings is 2. The minimum atomic E-state index is 0.680. The van der Waals surface area contributed by atoms with Gasteiger partial charge in [0.05, 0.1) is 0 Å². The standard InChI is InChI=1S/C18H21NS/c19-12-11-14-5-4-6-15-13-17(9-10-18(14)15)20-16-7-2-1-3-8-16/h1-3,7-10,13-14H,4-6,11-12,19H2. The van der Waals surface area contributed by atoms with E-state index in [2.05, 4.69) is 48.5 Å². The van der Waals surface area contributed by atoms with Gasteiger partial charge in [-0.25, -0.2) is 0 Å². The van der Waals surface area contributed by atoms with Gasteiger partial charge >= 0.3 is 0 Å². The maximum Gasteiger partial charge on any atom is 0.0125 e. The first-order chi connectivity index (χ1) is 9.86. The Morgan fingerprint density at radius 3 is 2.70 bits per heavy atom. The van der Waals surface area contributed by atoms with Gasteiger partial charge in [0, 0.05) is 9.79 Å². The summed E-state index contributed by atoms with van der Waals surface area (Å²) < 4.78 is 0. The molecule has 0 saturated heterocycles. The first kappa shape index (κ1) is 13.7. The fraction of sp³-hybridized carbons (Fsp3) is 0.333. The smallest absolute Gasteiger partial charge is 0.0125 e. The lowest BCUT2D eigenvalue weighted by molar-refractivity contribution is 0.525. The van der Waals surface area contributed by atoms with Gasteiger partial charge < -0.3 is 5.73 Å². The lowest BCUT2D eigenvalue weighted by Crippen LogP contribution is -2.13. The summed E-state index contributed by atoms with van der Waals surface area (Å²) in [5, 5.41) is 0. The van der Waals surface area contributed by atoms with Crippen LogP contribution in [0.15, 0.2) is 58.3 Å². The Kier molecular flexibility index (Phi) is 4.44. The second-order valence-corrected chi connectivity index (χ2v) is 6.59. The van der Waals surface area contributed by atoms with E-state index in [4.69, 9.17) is 5.73 Å². The molecule has 1 nitrogen and oxygen atoms in total. The van der Waals surface area contributed by atoms with Crippen LogP contribution in [0.4, 0.5) is 0 Å². The third kappa shape index (κ3) is 3.08. The Morgan fingerprint density at radius 2 is 1.90 bits per heavy atom. The van der Waals surface area contributed by atoms with Gasteiger partial charge in [0.1, 0.15) is 0 Å². The molecule has 2 heteroatoms. The van der Waals surface area contributed by atoms with Crippen LogP contribution in [0.2, 0.25) is 0 Å². The zero-order valence-corrected chi connectivity index (χ0v) is 12.5. The van der Waals surface area contributed by atoms with Gasteiger partial charge in [0.25, 0.3) is 0 Å². The van der Waals surface area contributed by atoms with Crippen molar-refractivity contribution >= 4 is 11.8 Å². The number of hydrogen-bond donors (Lipinski definition) is 1. The van der Waals surface area contributed by atoms with Gasteiger partial charge in [-0.05, 0) is 73.5 Å². The van der Waals surface area contributed by atoms with Crippen molar-refractivity contribution in [3.8, 4) is 0 Å². The van der Waals surface area contributed by atoms with Crippen LogP contribution in [-0.2, 0) is 6.42 Å². The maximum absolute atomic E-state index is 5.74. The van der Waals surface area contributed by atoms with Crippen molar-refractivity contribution in [2.45, 2.75) is 41.4 Å². The second-order valence-electron chi connectivity index (χ2n) is 5.44. The zero-order chi connectivity index (χ0) is 13.8. The van der Waals surface area contributed by atoms with Gasteiger partial charge in [-0.1, -0.05) is 36.0 Å². The third-order valence-corrected chi connectivity index (χ3v) is 5.04. The van der Waals surface area contributed by atoms with Crippen LogP contribution in [0, 0.1) is 0 Å². The molecule has 0 bridgehead atoms. The molecule has 1 atom stereocenters. The van der Waals surface area contributed by atoms with Crippen LogP contribution in [0.3, 0.4) is 0 Å². The number of hydrogen-bond acceptors (Lipinski definition) is 2. The summed E-state index contributed by atoms with van der Waals surface area (Å²) in [4.78, 5) is 2.66. The largest absolute Gasteiger partial charge is 0.330 e. The fourth-order valence-corrected chi connectivity index (χ4v) is 3.98. The Morgan fingerprint density at radius 1 is 1.05 bits per heavy atom. The monoisotopic (exact) mass is 283 g/mol. The van der Waals surface area contributed by atoms with E-state index in [1.807, 2.05) is 11.8 Å². The van der Waals surface area contributed by atoms with Crippen LogP contribution in [-0.4, -0.2) is 6.54 Å².